The second-order valence-corrected chi connectivity index (χ2v) is 4.77. The summed E-state index contributed by atoms with van der Waals surface area (Å²) in [5, 5.41) is 16.5. The van der Waals surface area contributed by atoms with Crippen LogP contribution in [0.25, 0.3) is 0 Å². The molecule has 2 heterocycles. The molecule has 8 nitrogen and oxygen atoms in total. The van der Waals surface area contributed by atoms with E-state index in [4.69, 9.17) is 5.11 Å². The van der Waals surface area contributed by atoms with Crippen molar-refractivity contribution in [3.05, 3.63) is 11.9 Å². The highest BCUT2D eigenvalue weighted by Crippen LogP contribution is 2.04. The Bertz CT molecular complexity index is 479. The number of aliphatic hydroxyl groups excluding tert-OH is 1. The molecular formula is C12H19N5O3. The Morgan fingerprint density at radius 1 is 1.25 bits per heavy atom. The van der Waals surface area contributed by atoms with Crippen molar-refractivity contribution < 1.29 is 14.7 Å². The average molecular weight is 281 g/mol. The molecule has 0 atom stereocenters. The molecule has 2 rings (SSSR count). The van der Waals surface area contributed by atoms with Crippen LogP contribution in [0.2, 0.25) is 0 Å². The Morgan fingerprint density at radius 2 is 1.90 bits per heavy atom. The van der Waals surface area contributed by atoms with Crippen LogP contribution >= 0.6 is 0 Å². The number of piperazine rings is 1. The zero-order valence-electron chi connectivity index (χ0n) is 11.5. The highest BCUT2D eigenvalue weighted by atomic mass is 16.3. The summed E-state index contributed by atoms with van der Waals surface area (Å²) in [5.74, 6) is 0.00988. The van der Waals surface area contributed by atoms with E-state index in [1.165, 1.54) is 11.6 Å². The molecule has 1 fully saturated rings. The standard InChI is InChI=1S/C12H19N5O3/c1-10(19)15-3-5-16(6-4-15)12(20)9-17-8-11(2-7-18)13-14-17/h8,18H,2-7,9H2,1H3. The van der Waals surface area contributed by atoms with Gasteiger partial charge in [0.05, 0.1) is 5.69 Å². The first-order valence-electron chi connectivity index (χ1n) is 6.63. The number of carbonyl (C=O) groups is 2. The largest absolute Gasteiger partial charge is 0.396 e. The lowest BCUT2D eigenvalue weighted by Gasteiger charge is -2.34. The summed E-state index contributed by atoms with van der Waals surface area (Å²) in [6.45, 7) is 3.95. The number of rotatable bonds is 4. The second-order valence-electron chi connectivity index (χ2n) is 4.77. The zero-order chi connectivity index (χ0) is 14.5. The van der Waals surface area contributed by atoms with E-state index in [-0.39, 0.29) is 25.0 Å². The number of hydrogen-bond donors (Lipinski definition) is 1. The Balaban J connectivity index is 1.84. The van der Waals surface area contributed by atoms with Crippen molar-refractivity contribution in [3.8, 4) is 0 Å². The van der Waals surface area contributed by atoms with Gasteiger partial charge in [-0.1, -0.05) is 5.21 Å². The van der Waals surface area contributed by atoms with Crippen LogP contribution in [-0.2, 0) is 22.6 Å². The maximum absolute atomic E-state index is 12.1. The van der Waals surface area contributed by atoms with Crippen LogP contribution in [0.15, 0.2) is 6.20 Å². The molecule has 2 amide bonds. The van der Waals surface area contributed by atoms with Gasteiger partial charge >= 0.3 is 0 Å². The molecule has 0 saturated carbocycles. The van der Waals surface area contributed by atoms with E-state index in [0.717, 1.165) is 0 Å². The molecule has 1 aliphatic rings. The highest BCUT2D eigenvalue weighted by molar-refractivity contribution is 5.77. The summed E-state index contributed by atoms with van der Waals surface area (Å²) >= 11 is 0. The topological polar surface area (TPSA) is 91.6 Å². The zero-order valence-corrected chi connectivity index (χ0v) is 11.5. The lowest BCUT2D eigenvalue weighted by Crippen LogP contribution is -2.50. The number of aromatic nitrogens is 3. The number of aliphatic hydroxyl groups is 1. The minimum atomic E-state index is -0.0337. The van der Waals surface area contributed by atoms with E-state index in [2.05, 4.69) is 10.3 Å². The SMILES string of the molecule is CC(=O)N1CCN(C(=O)Cn2cc(CCO)nn2)CC1. The summed E-state index contributed by atoms with van der Waals surface area (Å²) in [6.07, 6.45) is 2.10. The van der Waals surface area contributed by atoms with Gasteiger partial charge in [-0.25, -0.2) is 4.68 Å². The first kappa shape index (κ1) is 14.4. The predicted molar refractivity (Wildman–Crippen MR) is 69.6 cm³/mol. The van der Waals surface area contributed by atoms with E-state index in [1.54, 1.807) is 16.0 Å². The third-order valence-corrected chi connectivity index (χ3v) is 3.33. The monoisotopic (exact) mass is 281 g/mol. The van der Waals surface area contributed by atoms with Crippen LogP contribution in [0.1, 0.15) is 12.6 Å². The third kappa shape index (κ3) is 3.53. The molecule has 1 aromatic heterocycles. The van der Waals surface area contributed by atoms with Crippen LogP contribution in [0.3, 0.4) is 0 Å². The van der Waals surface area contributed by atoms with Gasteiger partial charge in [0.25, 0.3) is 0 Å². The fourth-order valence-corrected chi connectivity index (χ4v) is 2.15. The smallest absolute Gasteiger partial charge is 0.244 e. The van der Waals surface area contributed by atoms with Crippen LogP contribution in [0.4, 0.5) is 0 Å². The van der Waals surface area contributed by atoms with E-state index in [1.807, 2.05) is 0 Å². The van der Waals surface area contributed by atoms with E-state index in [0.29, 0.717) is 38.3 Å². The van der Waals surface area contributed by atoms with E-state index >= 15 is 0 Å². The van der Waals surface area contributed by atoms with Crippen molar-refractivity contribution in [2.24, 2.45) is 0 Å². The van der Waals surface area contributed by atoms with Gasteiger partial charge in [0.1, 0.15) is 6.54 Å². The van der Waals surface area contributed by atoms with Crippen molar-refractivity contribution in [1.29, 1.82) is 0 Å². The maximum atomic E-state index is 12.1. The van der Waals surface area contributed by atoms with Gasteiger partial charge in [-0.05, 0) is 0 Å². The lowest BCUT2D eigenvalue weighted by atomic mass is 10.3. The molecule has 20 heavy (non-hydrogen) atoms. The van der Waals surface area contributed by atoms with E-state index in [9.17, 15) is 9.59 Å². The van der Waals surface area contributed by atoms with E-state index < -0.39 is 0 Å². The van der Waals surface area contributed by atoms with Gasteiger partial charge < -0.3 is 14.9 Å². The second kappa shape index (κ2) is 6.47. The maximum Gasteiger partial charge on any atom is 0.244 e. The predicted octanol–water partition coefficient (Wildman–Crippen LogP) is -1.50. The first-order chi connectivity index (χ1) is 9.60. The minimum absolute atomic E-state index is 0.0135. The number of hydrogen-bond acceptors (Lipinski definition) is 5. The third-order valence-electron chi connectivity index (χ3n) is 3.33. The Morgan fingerprint density at radius 3 is 2.50 bits per heavy atom. The molecule has 0 aromatic carbocycles. The summed E-state index contributed by atoms with van der Waals surface area (Å²) < 4.78 is 1.48. The molecule has 1 aliphatic heterocycles. The highest BCUT2D eigenvalue weighted by Gasteiger charge is 2.22. The molecule has 8 heteroatoms. The minimum Gasteiger partial charge on any atom is -0.396 e. The molecule has 1 N–H and O–H groups in total. The molecule has 1 aromatic rings. The Kier molecular flexibility index (Phi) is 4.67. The van der Waals surface area contributed by atoms with Gasteiger partial charge in [-0.15, -0.1) is 5.10 Å². The number of carbonyl (C=O) groups excluding carboxylic acids is 2. The molecular weight excluding hydrogens is 262 g/mol. The van der Waals surface area contributed by atoms with Crippen molar-refractivity contribution in [1.82, 2.24) is 24.8 Å². The van der Waals surface area contributed by atoms with Gasteiger partial charge in [0.15, 0.2) is 0 Å². The average Bonchev–Trinajstić information content (AvgIpc) is 2.86. The van der Waals surface area contributed by atoms with Crippen molar-refractivity contribution in [2.45, 2.75) is 19.9 Å². The molecule has 0 radical (unpaired) electrons. The fraction of sp³-hybridized carbons (Fsp3) is 0.667. The molecule has 0 spiro atoms. The Labute approximate surface area is 117 Å². The molecule has 0 aliphatic carbocycles. The molecule has 0 bridgehead atoms. The molecule has 110 valence electrons. The van der Waals surface area contributed by atoms with Crippen molar-refractivity contribution in [3.63, 3.8) is 0 Å². The number of amides is 2. The molecule has 0 unspecified atom stereocenters. The van der Waals surface area contributed by atoms with Crippen molar-refractivity contribution >= 4 is 11.8 Å². The van der Waals surface area contributed by atoms with Gasteiger partial charge in [-0.2, -0.15) is 0 Å². The lowest BCUT2D eigenvalue weighted by molar-refractivity contribution is -0.138. The van der Waals surface area contributed by atoms with Crippen molar-refractivity contribution in [2.75, 3.05) is 32.8 Å². The van der Waals surface area contributed by atoms with Gasteiger partial charge in [-0.3, -0.25) is 9.59 Å². The van der Waals surface area contributed by atoms with Crippen LogP contribution in [0.5, 0.6) is 0 Å². The summed E-state index contributed by atoms with van der Waals surface area (Å²) in [4.78, 5) is 26.8. The van der Waals surface area contributed by atoms with Crippen LogP contribution in [0, 0.1) is 0 Å². The van der Waals surface area contributed by atoms with Crippen LogP contribution < -0.4 is 0 Å². The Hall–Kier alpha value is -1.96. The summed E-state index contributed by atoms with van der Waals surface area (Å²) in [5.41, 5.74) is 0.668. The summed E-state index contributed by atoms with van der Waals surface area (Å²) in [6, 6.07) is 0. The quantitative estimate of drug-likeness (QED) is 0.725. The number of nitrogens with zero attached hydrogens (tertiary/aromatic N) is 5. The fourth-order valence-electron chi connectivity index (χ4n) is 2.15. The summed E-state index contributed by atoms with van der Waals surface area (Å²) in [7, 11) is 0. The van der Waals surface area contributed by atoms with Crippen LogP contribution in [-0.4, -0.2) is 74.5 Å². The first-order valence-corrected chi connectivity index (χ1v) is 6.63. The van der Waals surface area contributed by atoms with Gasteiger partial charge in [0, 0.05) is 52.3 Å². The van der Waals surface area contributed by atoms with Gasteiger partial charge in [0.2, 0.25) is 11.8 Å². The normalized spacial score (nSPS) is 15.5. The molecule has 1 saturated heterocycles.